The largest absolute Gasteiger partial charge is 0.347 e. The normalized spacial score (nSPS) is 20.6. The molecule has 0 radical (unpaired) electrons. The number of aryl methyl sites for hydroxylation is 1. The van der Waals surface area contributed by atoms with Crippen molar-refractivity contribution >= 4 is 0 Å². The SMILES string of the molecule is Cc1cncc([C@@H]2CCCN(Cc3cnc[nH]3)C2)n1. The van der Waals surface area contributed by atoms with E-state index in [1.807, 2.05) is 25.5 Å². The highest BCUT2D eigenvalue weighted by Gasteiger charge is 2.22. The highest BCUT2D eigenvalue weighted by Crippen LogP contribution is 2.25. The van der Waals surface area contributed by atoms with Gasteiger partial charge in [0, 0.05) is 43.3 Å². The standard InChI is InChI=1S/C14H19N5/c1-11-5-15-7-14(18-11)12-3-2-4-19(8-12)9-13-6-16-10-17-13/h5-7,10,12H,2-4,8-9H2,1H3,(H,16,17)/t12-/m1/s1. The van der Waals surface area contributed by atoms with Gasteiger partial charge in [0.25, 0.3) is 0 Å². The highest BCUT2D eigenvalue weighted by molar-refractivity contribution is 5.09. The predicted octanol–water partition coefficient (Wildman–Crippen LogP) is 1.89. The molecule has 1 fully saturated rings. The lowest BCUT2D eigenvalue weighted by molar-refractivity contribution is 0.196. The van der Waals surface area contributed by atoms with Crippen molar-refractivity contribution < 1.29 is 0 Å². The predicted molar refractivity (Wildman–Crippen MR) is 72.6 cm³/mol. The fourth-order valence-electron chi connectivity index (χ4n) is 2.73. The van der Waals surface area contributed by atoms with E-state index in [2.05, 4.69) is 24.8 Å². The average Bonchev–Trinajstić information content (AvgIpc) is 2.92. The van der Waals surface area contributed by atoms with Crippen LogP contribution >= 0.6 is 0 Å². The summed E-state index contributed by atoms with van der Waals surface area (Å²) in [5.74, 6) is 0.504. The third kappa shape index (κ3) is 2.98. The van der Waals surface area contributed by atoms with Crippen LogP contribution in [0.3, 0.4) is 0 Å². The minimum absolute atomic E-state index is 0.504. The first kappa shape index (κ1) is 12.3. The molecule has 0 spiro atoms. The topological polar surface area (TPSA) is 57.7 Å². The summed E-state index contributed by atoms with van der Waals surface area (Å²) in [7, 11) is 0. The van der Waals surface area contributed by atoms with Crippen molar-refractivity contribution in [3.05, 3.63) is 42.0 Å². The Bertz CT molecular complexity index is 522. The third-order valence-electron chi connectivity index (χ3n) is 3.65. The molecule has 3 heterocycles. The first-order chi connectivity index (χ1) is 9.31. The Morgan fingerprint density at radius 3 is 3.05 bits per heavy atom. The van der Waals surface area contributed by atoms with Crippen LogP contribution in [0.1, 0.15) is 35.8 Å². The Kier molecular flexibility index (Phi) is 3.55. The van der Waals surface area contributed by atoms with Crippen LogP contribution in [-0.4, -0.2) is 37.9 Å². The van der Waals surface area contributed by atoms with Gasteiger partial charge in [-0.3, -0.25) is 14.9 Å². The number of nitrogens with one attached hydrogen (secondary N) is 1. The summed E-state index contributed by atoms with van der Waals surface area (Å²) in [5, 5.41) is 0. The molecular weight excluding hydrogens is 238 g/mol. The minimum Gasteiger partial charge on any atom is -0.347 e. The number of imidazole rings is 1. The minimum atomic E-state index is 0.504. The van der Waals surface area contributed by atoms with Gasteiger partial charge in [-0.05, 0) is 26.3 Å². The maximum absolute atomic E-state index is 4.62. The second-order valence-corrected chi connectivity index (χ2v) is 5.24. The maximum Gasteiger partial charge on any atom is 0.0922 e. The van der Waals surface area contributed by atoms with E-state index in [0.717, 1.165) is 31.0 Å². The lowest BCUT2D eigenvalue weighted by Crippen LogP contribution is -2.34. The monoisotopic (exact) mass is 257 g/mol. The number of rotatable bonds is 3. The number of H-pyrrole nitrogens is 1. The fraction of sp³-hybridized carbons (Fsp3) is 0.500. The molecule has 5 heteroatoms. The Hall–Kier alpha value is -1.75. The van der Waals surface area contributed by atoms with Crippen LogP contribution in [0.2, 0.25) is 0 Å². The number of hydrogen-bond donors (Lipinski definition) is 1. The summed E-state index contributed by atoms with van der Waals surface area (Å²) in [6.45, 7) is 5.14. The smallest absolute Gasteiger partial charge is 0.0922 e. The van der Waals surface area contributed by atoms with Crippen molar-refractivity contribution in [3.63, 3.8) is 0 Å². The van der Waals surface area contributed by atoms with Gasteiger partial charge in [0.05, 0.1) is 17.7 Å². The number of hydrogen-bond acceptors (Lipinski definition) is 4. The van der Waals surface area contributed by atoms with E-state index < -0.39 is 0 Å². The van der Waals surface area contributed by atoms with E-state index in [1.54, 1.807) is 6.33 Å². The highest BCUT2D eigenvalue weighted by atomic mass is 15.1. The van der Waals surface area contributed by atoms with Crippen molar-refractivity contribution in [1.29, 1.82) is 0 Å². The van der Waals surface area contributed by atoms with Crippen LogP contribution in [0.5, 0.6) is 0 Å². The molecule has 1 aliphatic heterocycles. The Morgan fingerprint density at radius 2 is 2.26 bits per heavy atom. The number of likely N-dealkylation sites (tertiary alicyclic amines) is 1. The van der Waals surface area contributed by atoms with Crippen LogP contribution in [0.15, 0.2) is 24.9 Å². The summed E-state index contributed by atoms with van der Waals surface area (Å²) >= 11 is 0. The van der Waals surface area contributed by atoms with Gasteiger partial charge in [-0.1, -0.05) is 0 Å². The molecule has 2 aromatic rings. The second kappa shape index (κ2) is 5.48. The van der Waals surface area contributed by atoms with Gasteiger partial charge >= 0.3 is 0 Å². The first-order valence-corrected chi connectivity index (χ1v) is 6.79. The van der Waals surface area contributed by atoms with Gasteiger partial charge in [-0.2, -0.15) is 0 Å². The number of aromatic nitrogens is 4. The quantitative estimate of drug-likeness (QED) is 0.912. The Labute approximate surface area is 113 Å². The fourth-order valence-corrected chi connectivity index (χ4v) is 2.73. The van der Waals surface area contributed by atoms with Crippen LogP contribution < -0.4 is 0 Å². The zero-order chi connectivity index (χ0) is 13.1. The molecule has 5 nitrogen and oxygen atoms in total. The molecule has 1 N–H and O–H groups in total. The summed E-state index contributed by atoms with van der Waals surface area (Å²) in [6.07, 6.45) is 9.79. The lowest BCUT2D eigenvalue weighted by Gasteiger charge is -2.31. The first-order valence-electron chi connectivity index (χ1n) is 6.79. The van der Waals surface area contributed by atoms with Crippen LogP contribution in [0, 0.1) is 6.92 Å². The van der Waals surface area contributed by atoms with Crippen molar-refractivity contribution in [2.45, 2.75) is 32.2 Å². The van der Waals surface area contributed by atoms with Gasteiger partial charge in [0.2, 0.25) is 0 Å². The van der Waals surface area contributed by atoms with Crippen molar-refractivity contribution in [1.82, 2.24) is 24.8 Å². The van der Waals surface area contributed by atoms with E-state index in [9.17, 15) is 0 Å². The molecule has 1 saturated heterocycles. The number of piperidine rings is 1. The van der Waals surface area contributed by atoms with E-state index in [1.165, 1.54) is 18.5 Å². The second-order valence-electron chi connectivity index (χ2n) is 5.24. The van der Waals surface area contributed by atoms with Gasteiger partial charge < -0.3 is 4.98 Å². The molecule has 3 rings (SSSR count). The lowest BCUT2D eigenvalue weighted by atomic mass is 9.95. The molecular formula is C14H19N5. The third-order valence-corrected chi connectivity index (χ3v) is 3.65. The van der Waals surface area contributed by atoms with E-state index in [4.69, 9.17) is 0 Å². The van der Waals surface area contributed by atoms with Crippen LogP contribution in [-0.2, 0) is 6.54 Å². The number of nitrogens with zero attached hydrogens (tertiary/aromatic N) is 4. The zero-order valence-electron chi connectivity index (χ0n) is 11.2. The molecule has 19 heavy (non-hydrogen) atoms. The van der Waals surface area contributed by atoms with Crippen molar-refractivity contribution in [3.8, 4) is 0 Å². The van der Waals surface area contributed by atoms with Crippen molar-refractivity contribution in [2.24, 2.45) is 0 Å². The van der Waals surface area contributed by atoms with Crippen LogP contribution in [0.25, 0.3) is 0 Å². The van der Waals surface area contributed by atoms with Gasteiger partial charge in [0.15, 0.2) is 0 Å². The molecule has 2 aromatic heterocycles. The Morgan fingerprint density at radius 1 is 1.32 bits per heavy atom. The van der Waals surface area contributed by atoms with Gasteiger partial charge in [-0.15, -0.1) is 0 Å². The molecule has 1 atom stereocenters. The maximum atomic E-state index is 4.62. The summed E-state index contributed by atoms with van der Waals surface area (Å²) in [4.78, 5) is 18.6. The molecule has 100 valence electrons. The molecule has 0 saturated carbocycles. The summed E-state index contributed by atoms with van der Waals surface area (Å²) < 4.78 is 0. The van der Waals surface area contributed by atoms with Crippen LogP contribution in [0.4, 0.5) is 0 Å². The molecule has 0 unspecified atom stereocenters. The Balaban J connectivity index is 1.67. The molecule has 0 aliphatic carbocycles. The molecule has 0 aromatic carbocycles. The zero-order valence-corrected chi connectivity index (χ0v) is 11.2. The van der Waals surface area contributed by atoms with E-state index in [0.29, 0.717) is 5.92 Å². The summed E-state index contributed by atoms with van der Waals surface area (Å²) in [6, 6.07) is 0. The average molecular weight is 257 g/mol. The van der Waals surface area contributed by atoms with E-state index in [-0.39, 0.29) is 0 Å². The van der Waals surface area contributed by atoms with Gasteiger partial charge in [-0.25, -0.2) is 4.98 Å². The molecule has 0 amide bonds. The van der Waals surface area contributed by atoms with E-state index >= 15 is 0 Å². The molecule has 0 bridgehead atoms. The number of aromatic amines is 1. The molecule has 1 aliphatic rings. The summed E-state index contributed by atoms with van der Waals surface area (Å²) in [5.41, 5.74) is 3.31. The van der Waals surface area contributed by atoms with Crippen molar-refractivity contribution in [2.75, 3.05) is 13.1 Å². The van der Waals surface area contributed by atoms with Gasteiger partial charge in [0.1, 0.15) is 0 Å².